The van der Waals surface area contributed by atoms with Crippen LogP contribution in [0.5, 0.6) is 0 Å². The van der Waals surface area contributed by atoms with Crippen molar-refractivity contribution >= 4 is 15.9 Å². The molecular formula is C16H19BrN4. The molecule has 0 bridgehead atoms. The van der Waals surface area contributed by atoms with E-state index in [2.05, 4.69) is 48.5 Å². The summed E-state index contributed by atoms with van der Waals surface area (Å²) in [5.41, 5.74) is 0.0328. The van der Waals surface area contributed by atoms with Gasteiger partial charge < -0.3 is 9.13 Å². The van der Waals surface area contributed by atoms with Gasteiger partial charge in [0.05, 0.1) is 4.60 Å². The Kier molecular flexibility index (Phi) is 2.50. The van der Waals surface area contributed by atoms with Gasteiger partial charge in [-0.15, -0.1) is 10.2 Å². The molecule has 2 heterocycles. The molecule has 0 radical (unpaired) electrons. The predicted molar refractivity (Wildman–Crippen MR) is 83.3 cm³/mol. The molecule has 2 aromatic rings. The van der Waals surface area contributed by atoms with Gasteiger partial charge in [0.25, 0.3) is 0 Å². The highest BCUT2D eigenvalue weighted by Crippen LogP contribution is 2.51. The first-order valence-electron chi connectivity index (χ1n) is 8.08. The second-order valence-electron chi connectivity index (χ2n) is 6.84. The first-order valence-corrected chi connectivity index (χ1v) is 8.87. The van der Waals surface area contributed by atoms with E-state index in [9.17, 15) is 0 Å². The molecule has 0 amide bonds. The molecule has 0 aromatic carbocycles. The normalized spacial score (nSPS) is 24.0. The fourth-order valence-electron chi connectivity index (χ4n) is 3.72. The molecule has 0 saturated heterocycles. The summed E-state index contributed by atoms with van der Waals surface area (Å²) in [5, 5.41) is 9.31. The fourth-order valence-corrected chi connectivity index (χ4v) is 4.33. The van der Waals surface area contributed by atoms with Crippen molar-refractivity contribution in [2.45, 2.75) is 62.4 Å². The Balaban J connectivity index is 1.67. The molecule has 3 aliphatic carbocycles. The van der Waals surface area contributed by atoms with Gasteiger partial charge in [0.1, 0.15) is 11.4 Å². The van der Waals surface area contributed by atoms with Gasteiger partial charge in [-0.25, -0.2) is 0 Å². The number of nitrogens with zero attached hydrogens (tertiary/aromatic N) is 4. The third-order valence-corrected chi connectivity index (χ3v) is 5.98. The van der Waals surface area contributed by atoms with Gasteiger partial charge in [-0.05, 0) is 73.0 Å². The smallest absolute Gasteiger partial charge is 0.159 e. The summed E-state index contributed by atoms with van der Waals surface area (Å²) < 4.78 is 6.04. The predicted octanol–water partition coefficient (Wildman–Crippen LogP) is 3.98. The first-order chi connectivity index (χ1) is 10.3. The van der Waals surface area contributed by atoms with Crippen molar-refractivity contribution in [2.75, 3.05) is 0 Å². The highest BCUT2D eigenvalue weighted by atomic mass is 79.9. The van der Waals surface area contributed by atoms with E-state index in [0.717, 1.165) is 4.60 Å². The Hall–Kier alpha value is -1.10. The van der Waals surface area contributed by atoms with Crippen molar-refractivity contribution in [1.82, 2.24) is 19.3 Å². The van der Waals surface area contributed by atoms with Crippen LogP contribution in [0.3, 0.4) is 0 Å². The van der Waals surface area contributed by atoms with Crippen LogP contribution < -0.4 is 0 Å². The van der Waals surface area contributed by atoms with Gasteiger partial charge in [-0.1, -0.05) is 0 Å². The SMILES string of the molecule is Brc1cccn1C1(c2nnc(C3CC3)n2C2CC2)CCC1. The summed E-state index contributed by atoms with van der Waals surface area (Å²) in [6, 6.07) is 4.90. The molecule has 21 heavy (non-hydrogen) atoms. The van der Waals surface area contributed by atoms with Crippen LogP contribution in [0.1, 0.15) is 68.6 Å². The van der Waals surface area contributed by atoms with Crippen molar-refractivity contribution in [3.05, 3.63) is 34.6 Å². The van der Waals surface area contributed by atoms with Crippen LogP contribution in [0.4, 0.5) is 0 Å². The Morgan fingerprint density at radius 1 is 1.14 bits per heavy atom. The van der Waals surface area contributed by atoms with E-state index in [4.69, 9.17) is 5.10 Å². The van der Waals surface area contributed by atoms with Crippen LogP contribution in [0.25, 0.3) is 0 Å². The summed E-state index contributed by atoms with van der Waals surface area (Å²) in [5.74, 6) is 3.16. The molecule has 0 atom stereocenters. The number of hydrogen-bond acceptors (Lipinski definition) is 2. The average Bonchev–Trinajstić information content (AvgIpc) is 3.36. The Labute approximate surface area is 132 Å². The second-order valence-corrected chi connectivity index (χ2v) is 7.66. The zero-order valence-corrected chi connectivity index (χ0v) is 13.6. The van der Waals surface area contributed by atoms with E-state index < -0.39 is 0 Å². The molecule has 3 fully saturated rings. The maximum Gasteiger partial charge on any atom is 0.159 e. The highest BCUT2D eigenvalue weighted by molar-refractivity contribution is 9.10. The Morgan fingerprint density at radius 2 is 1.95 bits per heavy atom. The van der Waals surface area contributed by atoms with Crippen molar-refractivity contribution < 1.29 is 0 Å². The summed E-state index contributed by atoms with van der Waals surface area (Å²) >= 11 is 3.70. The minimum absolute atomic E-state index is 0.0328. The largest absolute Gasteiger partial charge is 0.329 e. The van der Waals surface area contributed by atoms with E-state index in [-0.39, 0.29) is 5.54 Å². The minimum atomic E-state index is 0.0328. The summed E-state index contributed by atoms with van der Waals surface area (Å²) in [7, 11) is 0. The summed E-state index contributed by atoms with van der Waals surface area (Å²) in [4.78, 5) is 0. The molecule has 3 aliphatic rings. The molecule has 4 nitrogen and oxygen atoms in total. The van der Waals surface area contributed by atoms with Crippen LogP contribution in [-0.4, -0.2) is 19.3 Å². The molecule has 3 saturated carbocycles. The third kappa shape index (κ3) is 1.73. The lowest BCUT2D eigenvalue weighted by Crippen LogP contribution is -2.44. The summed E-state index contributed by atoms with van der Waals surface area (Å²) in [6.45, 7) is 0. The lowest BCUT2D eigenvalue weighted by atomic mass is 9.75. The van der Waals surface area contributed by atoms with Crippen LogP contribution >= 0.6 is 15.9 Å². The topological polar surface area (TPSA) is 35.6 Å². The quantitative estimate of drug-likeness (QED) is 0.839. The minimum Gasteiger partial charge on any atom is -0.329 e. The molecule has 0 spiro atoms. The summed E-state index contributed by atoms with van der Waals surface area (Å²) in [6.07, 6.45) is 11.0. The van der Waals surface area contributed by atoms with Crippen LogP contribution in [0.2, 0.25) is 0 Å². The lowest BCUT2D eigenvalue weighted by molar-refractivity contribution is 0.173. The van der Waals surface area contributed by atoms with E-state index in [1.807, 2.05) is 0 Å². The van der Waals surface area contributed by atoms with Crippen molar-refractivity contribution in [1.29, 1.82) is 0 Å². The number of halogens is 1. The highest BCUT2D eigenvalue weighted by Gasteiger charge is 2.48. The van der Waals surface area contributed by atoms with Crippen molar-refractivity contribution in [2.24, 2.45) is 0 Å². The zero-order chi connectivity index (χ0) is 14.0. The van der Waals surface area contributed by atoms with Crippen molar-refractivity contribution in [3.8, 4) is 0 Å². The van der Waals surface area contributed by atoms with E-state index >= 15 is 0 Å². The van der Waals surface area contributed by atoms with E-state index in [0.29, 0.717) is 12.0 Å². The number of rotatable bonds is 4. The second kappa shape index (κ2) is 4.22. The standard InChI is InChI=1S/C16H19BrN4/c17-13-3-1-10-20(13)16(8-2-9-16)15-19-18-14(11-4-5-11)21(15)12-6-7-12/h1,3,10-12H,2,4-9H2. The maximum atomic E-state index is 4.70. The van der Waals surface area contributed by atoms with Gasteiger partial charge >= 0.3 is 0 Å². The van der Waals surface area contributed by atoms with Gasteiger partial charge in [0.2, 0.25) is 0 Å². The van der Waals surface area contributed by atoms with E-state index in [1.165, 1.54) is 56.6 Å². The van der Waals surface area contributed by atoms with Crippen LogP contribution in [0, 0.1) is 0 Å². The molecular weight excluding hydrogens is 328 g/mol. The zero-order valence-electron chi connectivity index (χ0n) is 12.0. The molecule has 0 aliphatic heterocycles. The fraction of sp³-hybridized carbons (Fsp3) is 0.625. The Morgan fingerprint density at radius 3 is 2.48 bits per heavy atom. The van der Waals surface area contributed by atoms with Crippen molar-refractivity contribution in [3.63, 3.8) is 0 Å². The molecule has 0 N–H and O–H groups in total. The van der Waals surface area contributed by atoms with Gasteiger partial charge in [0.15, 0.2) is 5.82 Å². The monoisotopic (exact) mass is 346 g/mol. The van der Waals surface area contributed by atoms with E-state index in [1.54, 1.807) is 0 Å². The Bertz CT molecular complexity index is 689. The van der Waals surface area contributed by atoms with Gasteiger partial charge in [-0.2, -0.15) is 0 Å². The maximum absolute atomic E-state index is 4.70. The molecule has 0 unspecified atom stereocenters. The average molecular weight is 347 g/mol. The van der Waals surface area contributed by atoms with Gasteiger partial charge in [-0.3, -0.25) is 0 Å². The van der Waals surface area contributed by atoms with Crippen LogP contribution in [0.15, 0.2) is 22.9 Å². The van der Waals surface area contributed by atoms with Gasteiger partial charge in [0, 0.05) is 18.2 Å². The third-order valence-electron chi connectivity index (χ3n) is 5.33. The molecule has 5 heteroatoms. The first kappa shape index (κ1) is 12.4. The number of hydrogen-bond donors (Lipinski definition) is 0. The number of aromatic nitrogens is 4. The molecule has 5 rings (SSSR count). The van der Waals surface area contributed by atoms with Crippen LogP contribution in [-0.2, 0) is 5.54 Å². The lowest BCUT2D eigenvalue weighted by Gasteiger charge is -2.43. The molecule has 2 aromatic heterocycles. The molecule has 110 valence electrons.